The lowest BCUT2D eigenvalue weighted by Crippen LogP contribution is -2.43. The summed E-state index contributed by atoms with van der Waals surface area (Å²) in [5.41, 5.74) is 0. The first-order valence-corrected chi connectivity index (χ1v) is 7.44. The Hall–Kier alpha value is -0.610. The van der Waals surface area contributed by atoms with Crippen LogP contribution in [0.2, 0.25) is 0 Å². The van der Waals surface area contributed by atoms with Crippen LogP contribution in [0.1, 0.15) is 44.9 Å². The van der Waals surface area contributed by atoms with E-state index in [1.54, 1.807) is 0 Å². The van der Waals surface area contributed by atoms with E-state index >= 15 is 0 Å². The number of aliphatic carboxylic acids is 1. The van der Waals surface area contributed by atoms with E-state index in [1.165, 1.54) is 51.7 Å². The summed E-state index contributed by atoms with van der Waals surface area (Å²) < 4.78 is 0. The quantitative estimate of drug-likeness (QED) is 0.785. The van der Waals surface area contributed by atoms with Gasteiger partial charge in [0.25, 0.3) is 0 Å². The molecular formula is C14H26N2O2. The molecule has 2 aliphatic rings. The van der Waals surface area contributed by atoms with Crippen molar-refractivity contribution in [3.63, 3.8) is 0 Å². The Morgan fingerprint density at radius 1 is 1.06 bits per heavy atom. The third-order valence-electron chi connectivity index (χ3n) is 4.34. The van der Waals surface area contributed by atoms with Crippen LogP contribution < -0.4 is 0 Å². The Bertz CT molecular complexity index is 265. The van der Waals surface area contributed by atoms with Crippen LogP contribution in [-0.2, 0) is 4.79 Å². The molecule has 2 heterocycles. The zero-order valence-corrected chi connectivity index (χ0v) is 11.3. The molecule has 18 heavy (non-hydrogen) atoms. The lowest BCUT2D eigenvalue weighted by molar-refractivity contribution is -0.137. The average Bonchev–Trinajstić information content (AvgIpc) is 2.88. The second-order valence-electron chi connectivity index (χ2n) is 5.67. The van der Waals surface area contributed by atoms with Gasteiger partial charge in [-0.2, -0.15) is 0 Å². The Balaban J connectivity index is 1.73. The molecular weight excluding hydrogens is 228 g/mol. The Kier molecular flexibility index (Phi) is 5.45. The summed E-state index contributed by atoms with van der Waals surface area (Å²) in [5.74, 6) is -0.653. The molecule has 0 radical (unpaired) electrons. The molecule has 1 atom stereocenters. The van der Waals surface area contributed by atoms with Gasteiger partial charge in [-0.05, 0) is 51.7 Å². The molecule has 2 saturated heterocycles. The van der Waals surface area contributed by atoms with E-state index in [2.05, 4.69) is 9.80 Å². The maximum absolute atomic E-state index is 10.7. The molecule has 0 aromatic heterocycles. The van der Waals surface area contributed by atoms with E-state index in [0.717, 1.165) is 19.5 Å². The fraction of sp³-hybridized carbons (Fsp3) is 0.929. The zero-order chi connectivity index (χ0) is 12.8. The minimum atomic E-state index is -0.653. The molecule has 0 amide bonds. The highest BCUT2D eigenvalue weighted by molar-refractivity contribution is 5.66. The van der Waals surface area contributed by atoms with E-state index in [0.29, 0.717) is 12.5 Å². The summed E-state index contributed by atoms with van der Waals surface area (Å²) >= 11 is 0. The molecule has 1 unspecified atom stereocenters. The van der Waals surface area contributed by atoms with Gasteiger partial charge in [0.2, 0.25) is 0 Å². The van der Waals surface area contributed by atoms with Crippen LogP contribution in [0.3, 0.4) is 0 Å². The zero-order valence-electron chi connectivity index (χ0n) is 11.3. The summed E-state index contributed by atoms with van der Waals surface area (Å²) in [4.78, 5) is 15.8. The van der Waals surface area contributed by atoms with Crippen molar-refractivity contribution >= 4 is 5.97 Å². The SMILES string of the molecule is O=C(O)CCC1CCCCN1CCN1CCCC1. The van der Waals surface area contributed by atoms with Gasteiger partial charge in [0, 0.05) is 25.6 Å². The van der Waals surface area contributed by atoms with Crippen molar-refractivity contribution in [2.45, 2.75) is 51.0 Å². The van der Waals surface area contributed by atoms with Crippen LogP contribution in [0.5, 0.6) is 0 Å². The second-order valence-corrected chi connectivity index (χ2v) is 5.67. The number of rotatable bonds is 6. The first kappa shape index (κ1) is 13.8. The molecule has 2 fully saturated rings. The highest BCUT2D eigenvalue weighted by Gasteiger charge is 2.23. The normalized spacial score (nSPS) is 26.6. The molecule has 1 N–H and O–H groups in total. The van der Waals surface area contributed by atoms with Crippen LogP contribution >= 0.6 is 0 Å². The topological polar surface area (TPSA) is 43.8 Å². The van der Waals surface area contributed by atoms with E-state index in [9.17, 15) is 4.79 Å². The van der Waals surface area contributed by atoms with Gasteiger partial charge in [0.05, 0.1) is 0 Å². The number of carbonyl (C=O) groups is 1. The second kappa shape index (κ2) is 7.10. The predicted octanol–water partition coefficient (Wildman–Crippen LogP) is 1.80. The van der Waals surface area contributed by atoms with Crippen molar-refractivity contribution in [3.05, 3.63) is 0 Å². The van der Waals surface area contributed by atoms with Gasteiger partial charge in [-0.1, -0.05) is 6.42 Å². The lowest BCUT2D eigenvalue weighted by Gasteiger charge is -2.36. The van der Waals surface area contributed by atoms with Crippen LogP contribution in [0.25, 0.3) is 0 Å². The summed E-state index contributed by atoms with van der Waals surface area (Å²) in [7, 11) is 0. The molecule has 0 bridgehead atoms. The predicted molar refractivity (Wildman–Crippen MR) is 71.8 cm³/mol. The van der Waals surface area contributed by atoms with Crippen molar-refractivity contribution < 1.29 is 9.90 Å². The molecule has 104 valence electrons. The number of piperidine rings is 1. The fourth-order valence-electron chi connectivity index (χ4n) is 3.25. The van der Waals surface area contributed by atoms with Crippen LogP contribution in [-0.4, -0.2) is 59.6 Å². The minimum Gasteiger partial charge on any atom is -0.481 e. The van der Waals surface area contributed by atoms with Gasteiger partial charge in [-0.25, -0.2) is 0 Å². The van der Waals surface area contributed by atoms with E-state index in [1.807, 2.05) is 0 Å². The first-order valence-electron chi connectivity index (χ1n) is 7.44. The largest absolute Gasteiger partial charge is 0.481 e. The molecule has 0 aliphatic carbocycles. The monoisotopic (exact) mass is 254 g/mol. The third-order valence-corrected chi connectivity index (χ3v) is 4.34. The number of hydrogen-bond acceptors (Lipinski definition) is 3. The van der Waals surface area contributed by atoms with Gasteiger partial charge in [-0.15, -0.1) is 0 Å². The van der Waals surface area contributed by atoms with Crippen molar-refractivity contribution in [1.29, 1.82) is 0 Å². The molecule has 0 aromatic carbocycles. The summed E-state index contributed by atoms with van der Waals surface area (Å²) in [6, 6.07) is 0.512. The van der Waals surface area contributed by atoms with E-state index < -0.39 is 5.97 Å². The summed E-state index contributed by atoms with van der Waals surface area (Å²) in [6.07, 6.45) is 7.59. The highest BCUT2D eigenvalue weighted by Crippen LogP contribution is 2.21. The van der Waals surface area contributed by atoms with Gasteiger partial charge in [0.15, 0.2) is 0 Å². The average molecular weight is 254 g/mol. The molecule has 0 saturated carbocycles. The minimum absolute atomic E-state index is 0.324. The van der Waals surface area contributed by atoms with Crippen LogP contribution in [0, 0.1) is 0 Å². The maximum atomic E-state index is 10.7. The van der Waals surface area contributed by atoms with Crippen LogP contribution in [0.4, 0.5) is 0 Å². The number of carboxylic acid groups (broad SMARTS) is 1. The molecule has 4 heteroatoms. The maximum Gasteiger partial charge on any atom is 0.303 e. The third kappa shape index (κ3) is 4.25. The Morgan fingerprint density at radius 2 is 1.78 bits per heavy atom. The van der Waals surface area contributed by atoms with Gasteiger partial charge in [-0.3, -0.25) is 9.69 Å². The molecule has 0 spiro atoms. The molecule has 2 aliphatic heterocycles. The number of carboxylic acids is 1. The van der Waals surface area contributed by atoms with Crippen LogP contribution in [0.15, 0.2) is 0 Å². The van der Waals surface area contributed by atoms with Gasteiger partial charge in [0.1, 0.15) is 0 Å². The van der Waals surface area contributed by atoms with Crippen molar-refractivity contribution in [2.75, 3.05) is 32.7 Å². The Morgan fingerprint density at radius 3 is 2.50 bits per heavy atom. The lowest BCUT2D eigenvalue weighted by atomic mass is 9.98. The van der Waals surface area contributed by atoms with E-state index in [4.69, 9.17) is 5.11 Å². The number of hydrogen-bond donors (Lipinski definition) is 1. The van der Waals surface area contributed by atoms with Crippen molar-refractivity contribution in [1.82, 2.24) is 9.80 Å². The van der Waals surface area contributed by atoms with Gasteiger partial charge >= 0.3 is 5.97 Å². The smallest absolute Gasteiger partial charge is 0.303 e. The van der Waals surface area contributed by atoms with Crippen molar-refractivity contribution in [2.24, 2.45) is 0 Å². The first-order chi connectivity index (χ1) is 8.75. The molecule has 2 rings (SSSR count). The Labute approximate surface area is 110 Å². The number of nitrogens with zero attached hydrogens (tertiary/aromatic N) is 2. The number of likely N-dealkylation sites (tertiary alicyclic amines) is 2. The van der Waals surface area contributed by atoms with Gasteiger partial charge < -0.3 is 10.0 Å². The fourth-order valence-corrected chi connectivity index (χ4v) is 3.25. The molecule has 0 aromatic rings. The highest BCUT2D eigenvalue weighted by atomic mass is 16.4. The summed E-state index contributed by atoms with van der Waals surface area (Å²) in [5, 5.41) is 8.81. The van der Waals surface area contributed by atoms with E-state index in [-0.39, 0.29) is 0 Å². The summed E-state index contributed by atoms with van der Waals surface area (Å²) in [6.45, 7) is 5.98. The van der Waals surface area contributed by atoms with Crippen molar-refractivity contribution in [3.8, 4) is 0 Å². The standard InChI is InChI=1S/C14H26N2O2/c17-14(18)7-6-13-5-1-2-10-16(13)12-11-15-8-3-4-9-15/h13H,1-12H2,(H,17,18). The molecule has 4 nitrogen and oxygen atoms in total.